The Bertz CT molecular complexity index is 607. The van der Waals surface area contributed by atoms with Gasteiger partial charge in [-0.3, -0.25) is 0 Å². The normalized spacial score (nSPS) is 37.6. The molecule has 0 atom stereocenters. The van der Waals surface area contributed by atoms with Gasteiger partial charge < -0.3 is 10.2 Å². The average Bonchev–Trinajstić information content (AvgIpc) is 2.34. The summed E-state index contributed by atoms with van der Waals surface area (Å²) in [6, 6.07) is 0. The van der Waals surface area contributed by atoms with Gasteiger partial charge in [0.1, 0.15) is 0 Å². The van der Waals surface area contributed by atoms with E-state index in [2.05, 4.69) is 9.97 Å². The molecule has 16 heavy (non-hydrogen) atoms. The number of piperazine rings is 1. The Balaban J connectivity index is 2.59. The summed E-state index contributed by atoms with van der Waals surface area (Å²) < 4.78 is 99.1. The van der Waals surface area contributed by atoms with E-state index in [1.54, 1.807) is 5.32 Å². The molecule has 0 bridgehead atoms. The number of nitrogens with one attached hydrogen (secondary N) is 1. The number of hydrogen-bond donors (Lipinski definition) is 1. The molecule has 1 N–H and O–H groups in total. The van der Waals surface area contributed by atoms with E-state index in [0.717, 1.165) is 0 Å². The van der Waals surface area contributed by atoms with Crippen LogP contribution in [0.4, 0.5) is 19.1 Å². The highest BCUT2D eigenvalue weighted by Crippen LogP contribution is 2.28. The van der Waals surface area contributed by atoms with Crippen molar-refractivity contribution < 1.29 is 24.1 Å². The van der Waals surface area contributed by atoms with Gasteiger partial charge in [-0.2, -0.15) is 13.2 Å². The Morgan fingerprint density at radius 1 is 1.25 bits per heavy atom. The molecule has 0 unspecified atom stereocenters. The van der Waals surface area contributed by atoms with Crippen LogP contribution in [0.2, 0.25) is 0 Å². The topological polar surface area (TPSA) is 41.0 Å². The minimum Gasteiger partial charge on any atom is -0.338 e. The number of alkyl halides is 3. The molecule has 1 aliphatic rings. The first-order chi connectivity index (χ1) is 10.5. The zero-order valence-electron chi connectivity index (χ0n) is 15.6. The summed E-state index contributed by atoms with van der Waals surface area (Å²) in [5, 5.41) is 1.59. The van der Waals surface area contributed by atoms with Crippen molar-refractivity contribution in [2.45, 2.75) is 6.18 Å². The lowest BCUT2D eigenvalue weighted by atomic mass is 10.3. The summed E-state index contributed by atoms with van der Waals surface area (Å²) in [4.78, 5) is 6.44. The van der Waals surface area contributed by atoms with Gasteiger partial charge in [0.15, 0.2) is 0 Å². The Morgan fingerprint density at radius 3 is 2.31 bits per heavy atom. The van der Waals surface area contributed by atoms with Crippen LogP contribution in [0.15, 0.2) is 12.4 Å². The lowest BCUT2D eigenvalue weighted by Crippen LogP contribution is -2.44. The molecule has 0 radical (unpaired) electrons. The molecule has 7 heteroatoms. The summed E-state index contributed by atoms with van der Waals surface area (Å²) in [5.74, 6) is -0.924. The molecule has 88 valence electrons. The van der Waals surface area contributed by atoms with E-state index >= 15 is 0 Å². The van der Waals surface area contributed by atoms with Gasteiger partial charge in [-0.1, -0.05) is 0 Å². The molecule has 2 heterocycles. The molecule has 1 aromatic heterocycles. The zero-order chi connectivity index (χ0) is 18.8. The summed E-state index contributed by atoms with van der Waals surface area (Å²) >= 11 is 0. The van der Waals surface area contributed by atoms with E-state index in [1.807, 2.05) is 0 Å². The number of anilines is 1. The molecule has 0 amide bonds. The van der Waals surface area contributed by atoms with E-state index in [9.17, 15) is 13.2 Å². The molecule has 0 aliphatic carbocycles. The van der Waals surface area contributed by atoms with Crippen molar-refractivity contribution in [1.82, 2.24) is 15.3 Å². The summed E-state index contributed by atoms with van der Waals surface area (Å²) in [7, 11) is 0. The predicted octanol–water partition coefficient (Wildman–Crippen LogP) is 0.905. The van der Waals surface area contributed by atoms with Crippen molar-refractivity contribution >= 4 is 5.95 Å². The third-order valence-electron chi connectivity index (χ3n) is 1.63. The van der Waals surface area contributed by atoms with Gasteiger partial charge in [0.05, 0.1) is 11.0 Å². The number of hydrogen-bond acceptors (Lipinski definition) is 4. The van der Waals surface area contributed by atoms with Crippen LogP contribution in [0.25, 0.3) is 0 Å². The number of aromatic nitrogens is 2. The quantitative estimate of drug-likeness (QED) is 0.792. The summed E-state index contributed by atoms with van der Waals surface area (Å²) in [6.07, 6.45) is -4.22. The second kappa shape index (κ2) is 4.25. The molecule has 0 aromatic carbocycles. The Labute approximate surface area is 102 Å². The maximum absolute atomic E-state index is 12.5. The average molecular weight is 240 g/mol. The van der Waals surface area contributed by atoms with E-state index in [-0.39, 0.29) is 17.3 Å². The van der Waals surface area contributed by atoms with Crippen molar-refractivity contribution in [2.75, 3.05) is 30.9 Å². The highest BCUT2D eigenvalue weighted by atomic mass is 19.4. The lowest BCUT2D eigenvalue weighted by molar-refractivity contribution is -0.138. The fourth-order valence-corrected chi connectivity index (χ4v) is 0.910. The van der Waals surface area contributed by atoms with Crippen LogP contribution in [0, 0.1) is 0 Å². The highest BCUT2D eigenvalue weighted by Gasteiger charge is 2.31. The van der Waals surface area contributed by atoms with Gasteiger partial charge in [0.25, 0.3) is 0 Å². The van der Waals surface area contributed by atoms with E-state index in [0.29, 0.717) is 0 Å². The first-order valence-corrected chi connectivity index (χ1v) is 4.03. The maximum Gasteiger partial charge on any atom is 0.419 e. The van der Waals surface area contributed by atoms with Crippen LogP contribution in [-0.2, 0) is 6.18 Å². The van der Waals surface area contributed by atoms with Crippen LogP contribution >= 0.6 is 0 Å². The Hall–Kier alpha value is -1.37. The van der Waals surface area contributed by atoms with Crippen LogP contribution < -0.4 is 10.2 Å². The molecular formula is C9H11F3N4. The third-order valence-corrected chi connectivity index (χ3v) is 1.63. The van der Waals surface area contributed by atoms with Gasteiger partial charge in [-0.05, 0) is 0 Å². The van der Waals surface area contributed by atoms with Crippen molar-refractivity contribution in [1.29, 1.82) is 0 Å². The second-order valence-corrected chi connectivity index (χ2v) is 2.70. The van der Waals surface area contributed by atoms with Crippen molar-refractivity contribution in [3.8, 4) is 0 Å². The van der Waals surface area contributed by atoms with Gasteiger partial charge in [0.2, 0.25) is 5.95 Å². The van der Waals surface area contributed by atoms with Gasteiger partial charge in [-0.25, -0.2) is 9.97 Å². The van der Waals surface area contributed by atoms with Crippen LogP contribution in [0.5, 0.6) is 0 Å². The zero-order valence-corrected chi connectivity index (χ0v) is 7.63. The van der Waals surface area contributed by atoms with Crippen LogP contribution in [-0.4, -0.2) is 36.0 Å². The molecular weight excluding hydrogens is 221 g/mol. The molecule has 1 aliphatic heterocycles. The third kappa shape index (κ3) is 2.41. The second-order valence-electron chi connectivity index (χ2n) is 2.70. The molecule has 2 rings (SSSR count). The largest absolute Gasteiger partial charge is 0.419 e. The van der Waals surface area contributed by atoms with Gasteiger partial charge in [0, 0.05) is 43.9 Å². The molecule has 1 aromatic rings. The van der Waals surface area contributed by atoms with Crippen molar-refractivity contribution in [3.05, 3.63) is 18.0 Å². The minimum atomic E-state index is -4.77. The number of halogens is 3. The Morgan fingerprint density at radius 2 is 1.81 bits per heavy atom. The number of rotatable bonds is 1. The lowest BCUT2D eigenvalue weighted by Gasteiger charge is -2.27. The maximum atomic E-state index is 12.5. The molecule has 0 saturated carbocycles. The number of nitrogens with zero attached hydrogens (tertiary/aromatic N) is 3. The fourth-order valence-electron chi connectivity index (χ4n) is 0.910. The van der Waals surface area contributed by atoms with Gasteiger partial charge in [-0.15, -0.1) is 0 Å². The molecule has 1 saturated heterocycles. The molecule has 0 spiro atoms. The minimum absolute atomic E-state index is 0.0450. The molecule has 1 fully saturated rings. The van der Waals surface area contributed by atoms with Crippen molar-refractivity contribution in [3.63, 3.8) is 0 Å². The SMILES string of the molecule is [2H]C1([2H])NC([2H])([2H])C([2H])([2H])N(c2ncc(C(F)(F)F)cn2)C1([2H])[2H]. The van der Waals surface area contributed by atoms with Gasteiger partial charge >= 0.3 is 6.18 Å². The standard InChI is InChI=1S/C9H11F3N4/c10-9(11,12)7-5-14-8(15-6-7)16-3-1-13-2-4-16/h5-6,13H,1-4H2/i1D2,2D2,3D2,4D2. The first kappa shape index (κ1) is 4.87. The van der Waals surface area contributed by atoms with E-state index in [1.165, 1.54) is 0 Å². The monoisotopic (exact) mass is 240 g/mol. The summed E-state index contributed by atoms with van der Waals surface area (Å²) in [6.45, 7) is -12.6. The fraction of sp³-hybridized carbons (Fsp3) is 0.556. The van der Waals surface area contributed by atoms with Crippen molar-refractivity contribution in [2.24, 2.45) is 0 Å². The highest BCUT2D eigenvalue weighted by molar-refractivity contribution is 5.31. The molecule has 4 nitrogen and oxygen atoms in total. The first-order valence-electron chi connectivity index (χ1n) is 8.03. The van der Waals surface area contributed by atoms with Crippen LogP contribution in [0.3, 0.4) is 0 Å². The van der Waals surface area contributed by atoms with E-state index in [4.69, 9.17) is 11.0 Å². The summed E-state index contributed by atoms with van der Waals surface area (Å²) in [5.41, 5.74) is -1.27. The Kier molecular flexibility index (Phi) is 1.29. The smallest absolute Gasteiger partial charge is 0.338 e. The van der Waals surface area contributed by atoms with E-state index < -0.39 is 43.7 Å². The predicted molar refractivity (Wildman–Crippen MR) is 52.1 cm³/mol. The van der Waals surface area contributed by atoms with Crippen LogP contribution in [0.1, 0.15) is 16.5 Å².